The van der Waals surface area contributed by atoms with Crippen molar-refractivity contribution in [3.8, 4) is 0 Å². The maximum atomic E-state index is 11.5. The SMILES string of the molecule is COC(=O)N(C)c1c(C)c(C)cc(C)c1C. The number of aryl methyl sites for hydroxylation is 2. The topological polar surface area (TPSA) is 29.5 Å². The molecule has 1 aromatic carbocycles. The molecule has 1 rings (SSSR count). The molecule has 0 atom stereocenters. The van der Waals surface area contributed by atoms with Crippen LogP contribution in [0.1, 0.15) is 22.3 Å². The number of rotatable bonds is 1. The van der Waals surface area contributed by atoms with Crippen LogP contribution in [0.3, 0.4) is 0 Å². The number of benzene rings is 1. The van der Waals surface area contributed by atoms with Crippen LogP contribution in [-0.4, -0.2) is 20.3 Å². The van der Waals surface area contributed by atoms with Crippen molar-refractivity contribution in [3.05, 3.63) is 28.3 Å². The molecule has 1 amide bonds. The van der Waals surface area contributed by atoms with Gasteiger partial charge in [-0.25, -0.2) is 4.79 Å². The largest absolute Gasteiger partial charge is 0.452 e. The lowest BCUT2D eigenvalue weighted by molar-refractivity contribution is 0.180. The minimum absolute atomic E-state index is 0.337. The van der Waals surface area contributed by atoms with Crippen LogP contribution in [0.4, 0.5) is 10.5 Å². The summed E-state index contributed by atoms with van der Waals surface area (Å²) in [5.74, 6) is 0. The van der Waals surface area contributed by atoms with Crippen molar-refractivity contribution in [3.63, 3.8) is 0 Å². The van der Waals surface area contributed by atoms with Gasteiger partial charge in [0.05, 0.1) is 12.8 Å². The zero-order valence-electron chi connectivity index (χ0n) is 10.8. The van der Waals surface area contributed by atoms with E-state index in [9.17, 15) is 4.79 Å². The summed E-state index contributed by atoms with van der Waals surface area (Å²) in [7, 11) is 3.13. The number of amides is 1. The molecule has 0 aliphatic heterocycles. The van der Waals surface area contributed by atoms with E-state index >= 15 is 0 Å². The number of hydrogen-bond donors (Lipinski definition) is 0. The van der Waals surface area contributed by atoms with Gasteiger partial charge in [-0.3, -0.25) is 4.90 Å². The van der Waals surface area contributed by atoms with Crippen LogP contribution >= 0.6 is 0 Å². The molecule has 16 heavy (non-hydrogen) atoms. The number of methoxy groups -OCH3 is 1. The Hall–Kier alpha value is -1.51. The minimum atomic E-state index is -0.337. The van der Waals surface area contributed by atoms with Gasteiger partial charge in [-0.15, -0.1) is 0 Å². The van der Waals surface area contributed by atoms with Gasteiger partial charge in [0, 0.05) is 7.05 Å². The summed E-state index contributed by atoms with van der Waals surface area (Å²) in [6, 6.07) is 2.14. The van der Waals surface area contributed by atoms with Crippen LogP contribution < -0.4 is 4.90 Å². The smallest absolute Gasteiger partial charge is 0.413 e. The predicted octanol–water partition coefficient (Wildman–Crippen LogP) is 3.12. The summed E-state index contributed by atoms with van der Waals surface area (Å²) in [5, 5.41) is 0. The van der Waals surface area contributed by atoms with Crippen molar-refractivity contribution < 1.29 is 9.53 Å². The Kier molecular flexibility index (Phi) is 3.58. The summed E-state index contributed by atoms with van der Waals surface area (Å²) in [4.78, 5) is 13.1. The van der Waals surface area contributed by atoms with Crippen LogP contribution in [0, 0.1) is 27.7 Å². The van der Waals surface area contributed by atoms with Gasteiger partial charge >= 0.3 is 6.09 Å². The number of hydrogen-bond acceptors (Lipinski definition) is 2. The number of ether oxygens (including phenoxy) is 1. The summed E-state index contributed by atoms with van der Waals surface area (Å²) in [5.41, 5.74) is 5.57. The van der Waals surface area contributed by atoms with Gasteiger partial charge in [-0.05, 0) is 49.9 Å². The Bertz CT molecular complexity index is 398. The molecule has 3 nitrogen and oxygen atoms in total. The van der Waals surface area contributed by atoms with Crippen molar-refractivity contribution >= 4 is 11.8 Å². The molecule has 88 valence electrons. The summed E-state index contributed by atoms with van der Waals surface area (Å²) >= 11 is 0. The molecule has 0 saturated carbocycles. The second kappa shape index (κ2) is 4.56. The van der Waals surface area contributed by atoms with Crippen LogP contribution in [0.5, 0.6) is 0 Å². The molecule has 0 spiro atoms. The fraction of sp³-hybridized carbons (Fsp3) is 0.462. The van der Waals surface area contributed by atoms with Crippen LogP contribution in [0.25, 0.3) is 0 Å². The van der Waals surface area contributed by atoms with Crippen LogP contribution in [0.15, 0.2) is 6.07 Å². The Balaban J connectivity index is 3.37. The Morgan fingerprint density at radius 2 is 1.56 bits per heavy atom. The van der Waals surface area contributed by atoms with Gasteiger partial charge in [0.25, 0.3) is 0 Å². The van der Waals surface area contributed by atoms with Crippen molar-refractivity contribution in [1.29, 1.82) is 0 Å². The third kappa shape index (κ3) is 2.03. The molecular weight excluding hydrogens is 202 g/mol. The van der Waals surface area contributed by atoms with E-state index in [1.807, 2.05) is 13.8 Å². The average Bonchev–Trinajstić information content (AvgIpc) is 2.25. The van der Waals surface area contributed by atoms with Gasteiger partial charge in [0.2, 0.25) is 0 Å². The molecule has 0 fully saturated rings. The molecule has 0 aliphatic rings. The molecule has 0 bridgehead atoms. The van der Waals surface area contributed by atoms with Crippen LogP contribution in [-0.2, 0) is 4.74 Å². The highest BCUT2D eigenvalue weighted by Gasteiger charge is 2.17. The highest BCUT2D eigenvalue weighted by Crippen LogP contribution is 2.29. The molecule has 0 unspecified atom stereocenters. The van der Waals surface area contributed by atoms with Crippen LogP contribution in [0.2, 0.25) is 0 Å². The second-order valence-corrected chi connectivity index (χ2v) is 4.14. The highest BCUT2D eigenvalue weighted by molar-refractivity contribution is 5.89. The highest BCUT2D eigenvalue weighted by atomic mass is 16.5. The maximum absolute atomic E-state index is 11.5. The molecule has 3 heteroatoms. The molecule has 0 N–H and O–H groups in total. The quantitative estimate of drug-likeness (QED) is 0.729. The van der Waals surface area contributed by atoms with E-state index in [0.717, 1.165) is 16.8 Å². The van der Waals surface area contributed by atoms with E-state index in [1.54, 1.807) is 11.9 Å². The maximum Gasteiger partial charge on any atom is 0.413 e. The zero-order valence-corrected chi connectivity index (χ0v) is 10.8. The van der Waals surface area contributed by atoms with Gasteiger partial charge in [-0.1, -0.05) is 6.07 Å². The molecule has 0 aliphatic carbocycles. The lowest BCUT2D eigenvalue weighted by atomic mass is 9.98. The lowest BCUT2D eigenvalue weighted by Gasteiger charge is -2.23. The molecule has 0 aromatic heterocycles. The first-order valence-electron chi connectivity index (χ1n) is 5.29. The summed E-state index contributed by atoms with van der Waals surface area (Å²) in [6.07, 6.45) is -0.337. The predicted molar refractivity (Wildman–Crippen MR) is 66.2 cm³/mol. The van der Waals surface area contributed by atoms with E-state index in [-0.39, 0.29) is 6.09 Å². The number of carbonyl (C=O) groups excluding carboxylic acids is 1. The normalized spacial score (nSPS) is 10.1. The fourth-order valence-corrected chi connectivity index (χ4v) is 1.93. The summed E-state index contributed by atoms with van der Waals surface area (Å²) < 4.78 is 4.74. The van der Waals surface area contributed by atoms with E-state index < -0.39 is 0 Å². The lowest BCUT2D eigenvalue weighted by Crippen LogP contribution is -2.27. The van der Waals surface area contributed by atoms with Gasteiger partial charge in [0.1, 0.15) is 0 Å². The molecule has 0 radical (unpaired) electrons. The molecule has 0 saturated heterocycles. The first kappa shape index (κ1) is 12.6. The first-order valence-corrected chi connectivity index (χ1v) is 5.29. The van der Waals surface area contributed by atoms with Gasteiger partial charge in [-0.2, -0.15) is 0 Å². The van der Waals surface area contributed by atoms with Crippen molar-refractivity contribution in [1.82, 2.24) is 0 Å². The standard InChI is InChI=1S/C13H19NO2/c1-8-7-9(2)11(4)12(10(8)3)14(5)13(15)16-6/h7H,1-6H3. The van der Waals surface area contributed by atoms with E-state index in [2.05, 4.69) is 19.9 Å². The first-order chi connectivity index (χ1) is 7.40. The Morgan fingerprint density at radius 3 is 1.94 bits per heavy atom. The minimum Gasteiger partial charge on any atom is -0.452 e. The molecular formula is C13H19NO2. The Labute approximate surface area is 97.0 Å². The van der Waals surface area contributed by atoms with E-state index in [0.29, 0.717) is 0 Å². The third-order valence-electron chi connectivity index (χ3n) is 3.11. The summed E-state index contributed by atoms with van der Waals surface area (Å²) in [6.45, 7) is 8.15. The van der Waals surface area contributed by atoms with Crippen molar-refractivity contribution in [2.45, 2.75) is 27.7 Å². The monoisotopic (exact) mass is 221 g/mol. The molecule has 1 aromatic rings. The van der Waals surface area contributed by atoms with Gasteiger partial charge in [0.15, 0.2) is 0 Å². The van der Waals surface area contributed by atoms with Gasteiger partial charge < -0.3 is 4.74 Å². The number of nitrogens with zero attached hydrogens (tertiary/aromatic N) is 1. The zero-order chi connectivity index (χ0) is 12.5. The van der Waals surface area contributed by atoms with E-state index in [4.69, 9.17) is 4.74 Å². The second-order valence-electron chi connectivity index (χ2n) is 4.14. The van der Waals surface area contributed by atoms with Crippen molar-refractivity contribution in [2.75, 3.05) is 19.1 Å². The number of anilines is 1. The molecule has 0 heterocycles. The fourth-order valence-electron chi connectivity index (χ4n) is 1.93. The average molecular weight is 221 g/mol. The van der Waals surface area contributed by atoms with Crippen molar-refractivity contribution in [2.24, 2.45) is 0 Å². The number of carbonyl (C=O) groups is 1. The Morgan fingerprint density at radius 1 is 1.12 bits per heavy atom. The van der Waals surface area contributed by atoms with E-state index in [1.165, 1.54) is 18.2 Å². The third-order valence-corrected chi connectivity index (χ3v) is 3.11.